The zero-order valence-electron chi connectivity index (χ0n) is 15.3. The molecule has 2 heterocycles. The summed E-state index contributed by atoms with van der Waals surface area (Å²) >= 11 is 0. The van der Waals surface area contributed by atoms with Crippen molar-refractivity contribution in [3.63, 3.8) is 0 Å². The van der Waals surface area contributed by atoms with E-state index in [2.05, 4.69) is 9.88 Å². The van der Waals surface area contributed by atoms with Crippen molar-refractivity contribution in [3.05, 3.63) is 22.5 Å². The molecule has 1 aromatic heterocycles. The number of aromatic nitrogens is 1. The summed E-state index contributed by atoms with van der Waals surface area (Å²) in [5.74, 6) is -0.412. The number of rotatable bonds is 6. The number of carbonyl (C=O) groups excluding carboxylic acids is 2. The molecule has 1 aromatic rings. The van der Waals surface area contributed by atoms with Crippen LogP contribution >= 0.6 is 0 Å². The number of aryl methyl sites for hydroxylation is 1. The van der Waals surface area contributed by atoms with Gasteiger partial charge in [0.1, 0.15) is 0 Å². The average molecular weight is 336 g/mol. The summed E-state index contributed by atoms with van der Waals surface area (Å²) in [6.45, 7) is 9.83. The smallest absolute Gasteiger partial charge is 0.339 e. The first kappa shape index (κ1) is 18.7. The van der Waals surface area contributed by atoms with E-state index in [-0.39, 0.29) is 17.9 Å². The number of ketones is 1. The van der Waals surface area contributed by atoms with Crippen molar-refractivity contribution in [3.8, 4) is 0 Å². The SMILES string of the molecule is CCOC1CCCN(C(C)C(=O)c2[nH]c(C)c(C(=O)OC)c2C)C1. The minimum absolute atomic E-state index is 0.00269. The molecule has 2 atom stereocenters. The fraction of sp³-hybridized carbons (Fsp3) is 0.667. The lowest BCUT2D eigenvalue weighted by molar-refractivity contribution is -0.00298. The summed E-state index contributed by atoms with van der Waals surface area (Å²) in [5, 5.41) is 0. The molecule has 0 bridgehead atoms. The third-order valence-electron chi connectivity index (χ3n) is 4.81. The fourth-order valence-corrected chi connectivity index (χ4v) is 3.47. The van der Waals surface area contributed by atoms with E-state index >= 15 is 0 Å². The predicted octanol–water partition coefficient (Wildman–Crippen LogP) is 2.49. The van der Waals surface area contributed by atoms with Gasteiger partial charge in [0.05, 0.1) is 30.5 Å². The molecule has 134 valence electrons. The van der Waals surface area contributed by atoms with Crippen LogP contribution in [0.1, 0.15) is 58.8 Å². The van der Waals surface area contributed by atoms with Gasteiger partial charge in [-0.15, -0.1) is 0 Å². The van der Waals surface area contributed by atoms with E-state index in [9.17, 15) is 9.59 Å². The lowest BCUT2D eigenvalue weighted by Gasteiger charge is -2.35. The molecule has 1 aliphatic rings. The number of piperidine rings is 1. The van der Waals surface area contributed by atoms with Crippen LogP contribution in [0.3, 0.4) is 0 Å². The van der Waals surface area contributed by atoms with Gasteiger partial charge in [-0.1, -0.05) is 0 Å². The Morgan fingerprint density at radius 1 is 1.38 bits per heavy atom. The van der Waals surface area contributed by atoms with Crippen LogP contribution in [0.5, 0.6) is 0 Å². The first-order valence-corrected chi connectivity index (χ1v) is 8.58. The molecule has 24 heavy (non-hydrogen) atoms. The van der Waals surface area contributed by atoms with Crippen molar-refractivity contribution in [1.29, 1.82) is 0 Å². The second kappa shape index (κ2) is 7.94. The van der Waals surface area contributed by atoms with Crippen LogP contribution in [0.4, 0.5) is 0 Å². The lowest BCUT2D eigenvalue weighted by atomic mass is 10.0. The van der Waals surface area contributed by atoms with Crippen molar-refractivity contribution in [2.45, 2.75) is 52.7 Å². The van der Waals surface area contributed by atoms with Crippen molar-refractivity contribution in [1.82, 2.24) is 9.88 Å². The number of carbonyl (C=O) groups is 2. The molecule has 2 unspecified atom stereocenters. The van der Waals surface area contributed by atoms with Crippen molar-refractivity contribution in [2.75, 3.05) is 26.8 Å². The monoisotopic (exact) mass is 336 g/mol. The Kier molecular flexibility index (Phi) is 6.18. The number of ether oxygens (including phenoxy) is 2. The zero-order valence-corrected chi connectivity index (χ0v) is 15.3. The van der Waals surface area contributed by atoms with Gasteiger partial charge in [-0.2, -0.15) is 0 Å². The fourth-order valence-electron chi connectivity index (χ4n) is 3.47. The zero-order chi connectivity index (χ0) is 17.9. The highest BCUT2D eigenvalue weighted by Crippen LogP contribution is 2.23. The number of Topliss-reactive ketones (excluding diaryl/α,β-unsaturated/α-hetero) is 1. The number of esters is 1. The molecule has 0 amide bonds. The molecule has 0 aliphatic carbocycles. The number of methoxy groups -OCH3 is 1. The van der Waals surface area contributed by atoms with E-state index in [4.69, 9.17) is 9.47 Å². The minimum atomic E-state index is -0.415. The molecule has 2 rings (SSSR count). The Bertz CT molecular complexity index is 606. The Morgan fingerprint density at radius 2 is 2.08 bits per heavy atom. The van der Waals surface area contributed by atoms with Crippen molar-refractivity contribution >= 4 is 11.8 Å². The summed E-state index contributed by atoms with van der Waals surface area (Å²) in [6.07, 6.45) is 2.26. The van der Waals surface area contributed by atoms with Crippen LogP contribution in [0, 0.1) is 13.8 Å². The molecule has 6 heteroatoms. The maximum atomic E-state index is 12.9. The summed E-state index contributed by atoms with van der Waals surface area (Å²) in [7, 11) is 1.35. The van der Waals surface area contributed by atoms with E-state index in [1.54, 1.807) is 13.8 Å². The highest BCUT2D eigenvalue weighted by molar-refractivity contribution is 6.03. The van der Waals surface area contributed by atoms with Gasteiger partial charge in [-0.3, -0.25) is 9.69 Å². The maximum absolute atomic E-state index is 12.9. The number of H-pyrrole nitrogens is 1. The van der Waals surface area contributed by atoms with Gasteiger partial charge in [0.25, 0.3) is 0 Å². The molecule has 1 fully saturated rings. The number of hydrogen-bond acceptors (Lipinski definition) is 5. The Balaban J connectivity index is 2.18. The lowest BCUT2D eigenvalue weighted by Crippen LogP contribution is -2.47. The molecule has 0 spiro atoms. The molecular formula is C18H28N2O4. The van der Waals surface area contributed by atoms with Crippen LogP contribution < -0.4 is 0 Å². The van der Waals surface area contributed by atoms with Crippen LogP contribution in [0.15, 0.2) is 0 Å². The molecule has 0 radical (unpaired) electrons. The number of nitrogens with zero attached hydrogens (tertiary/aromatic N) is 1. The van der Waals surface area contributed by atoms with E-state index in [1.807, 2.05) is 13.8 Å². The Labute approximate surface area is 143 Å². The van der Waals surface area contributed by atoms with E-state index < -0.39 is 5.97 Å². The Hall–Kier alpha value is -1.66. The largest absolute Gasteiger partial charge is 0.465 e. The van der Waals surface area contributed by atoms with E-state index in [0.717, 1.165) is 25.9 Å². The van der Waals surface area contributed by atoms with Gasteiger partial charge in [0.15, 0.2) is 5.78 Å². The third kappa shape index (κ3) is 3.70. The van der Waals surface area contributed by atoms with Gasteiger partial charge >= 0.3 is 5.97 Å². The quantitative estimate of drug-likeness (QED) is 0.638. The number of aromatic amines is 1. The van der Waals surface area contributed by atoms with Gasteiger partial charge in [0.2, 0.25) is 0 Å². The van der Waals surface area contributed by atoms with Gasteiger partial charge < -0.3 is 14.5 Å². The van der Waals surface area contributed by atoms with Gasteiger partial charge in [-0.05, 0) is 52.6 Å². The van der Waals surface area contributed by atoms with Crippen LogP contribution in [0.2, 0.25) is 0 Å². The summed E-state index contributed by atoms with van der Waals surface area (Å²) in [5.41, 5.74) is 2.29. The minimum Gasteiger partial charge on any atom is -0.465 e. The highest BCUT2D eigenvalue weighted by Gasteiger charge is 2.31. The van der Waals surface area contributed by atoms with Crippen LogP contribution in [-0.2, 0) is 9.47 Å². The number of nitrogens with one attached hydrogen (secondary N) is 1. The molecule has 0 aromatic carbocycles. The normalized spacial score (nSPS) is 20.0. The van der Waals surface area contributed by atoms with Crippen molar-refractivity contribution in [2.24, 2.45) is 0 Å². The number of likely N-dealkylation sites (tertiary alicyclic amines) is 1. The van der Waals surface area contributed by atoms with E-state index in [0.29, 0.717) is 29.1 Å². The second-order valence-electron chi connectivity index (χ2n) is 6.37. The van der Waals surface area contributed by atoms with E-state index in [1.165, 1.54) is 7.11 Å². The highest BCUT2D eigenvalue weighted by atomic mass is 16.5. The molecule has 1 saturated heterocycles. The standard InChI is InChI=1S/C18H28N2O4/c1-6-24-14-8-7-9-20(10-14)13(4)17(21)16-11(2)15(12(3)19-16)18(22)23-5/h13-14,19H,6-10H2,1-5H3. The molecule has 1 aliphatic heterocycles. The summed E-state index contributed by atoms with van der Waals surface area (Å²) in [4.78, 5) is 30.1. The van der Waals surface area contributed by atoms with Crippen LogP contribution in [-0.4, -0.2) is 60.6 Å². The first-order chi connectivity index (χ1) is 11.4. The predicted molar refractivity (Wildman–Crippen MR) is 91.6 cm³/mol. The third-order valence-corrected chi connectivity index (χ3v) is 4.81. The van der Waals surface area contributed by atoms with Gasteiger partial charge in [-0.25, -0.2) is 4.79 Å². The second-order valence-corrected chi connectivity index (χ2v) is 6.37. The topological polar surface area (TPSA) is 71.6 Å². The first-order valence-electron chi connectivity index (χ1n) is 8.58. The summed E-state index contributed by atoms with van der Waals surface area (Å²) in [6, 6.07) is -0.254. The average Bonchev–Trinajstić information content (AvgIpc) is 2.88. The van der Waals surface area contributed by atoms with Crippen molar-refractivity contribution < 1.29 is 19.1 Å². The molecular weight excluding hydrogens is 308 g/mol. The molecule has 6 nitrogen and oxygen atoms in total. The maximum Gasteiger partial charge on any atom is 0.339 e. The van der Waals surface area contributed by atoms with Crippen LogP contribution in [0.25, 0.3) is 0 Å². The molecule has 0 saturated carbocycles. The molecule has 1 N–H and O–H groups in total. The van der Waals surface area contributed by atoms with Gasteiger partial charge in [0, 0.05) is 18.8 Å². The Morgan fingerprint density at radius 3 is 2.71 bits per heavy atom. The summed E-state index contributed by atoms with van der Waals surface area (Å²) < 4.78 is 10.5. The number of hydrogen-bond donors (Lipinski definition) is 1.